The molecule has 0 heterocycles. The molecule has 17 heteroatoms. The molecule has 5 amide bonds. The number of nitrogens with zero attached hydrogens (tertiary/aromatic N) is 1. The molecule has 0 rings (SSSR count). The summed E-state index contributed by atoms with van der Waals surface area (Å²) in [5.41, 5.74) is 21.4. The molecular formula is C25H47N9O8. The molecule has 0 aromatic carbocycles. The smallest absolute Gasteiger partial charge is 0.326 e. The van der Waals surface area contributed by atoms with E-state index >= 15 is 0 Å². The van der Waals surface area contributed by atoms with E-state index in [9.17, 15) is 39.0 Å². The second kappa shape index (κ2) is 19.2. The predicted molar refractivity (Wildman–Crippen MR) is 153 cm³/mol. The van der Waals surface area contributed by atoms with Crippen molar-refractivity contribution in [2.75, 3.05) is 13.2 Å². The van der Waals surface area contributed by atoms with Crippen molar-refractivity contribution in [2.24, 2.45) is 39.8 Å². The normalized spacial score (nSPS) is 15.2. The lowest BCUT2D eigenvalue weighted by atomic mass is 9.97. The Labute approximate surface area is 245 Å². The van der Waals surface area contributed by atoms with Gasteiger partial charge in [-0.1, -0.05) is 34.1 Å². The summed E-state index contributed by atoms with van der Waals surface area (Å²) in [6, 6.07) is -6.25. The Morgan fingerprint density at radius 2 is 1.33 bits per heavy atom. The van der Waals surface area contributed by atoms with Gasteiger partial charge in [-0.15, -0.1) is 0 Å². The summed E-state index contributed by atoms with van der Waals surface area (Å²) in [5, 5.41) is 29.1. The Hall–Kier alpha value is -3.99. The number of carbonyl (C=O) groups excluding carboxylic acids is 5. The van der Waals surface area contributed by atoms with Crippen LogP contribution in [0, 0.1) is 11.8 Å². The van der Waals surface area contributed by atoms with E-state index in [4.69, 9.17) is 22.9 Å². The van der Waals surface area contributed by atoms with Crippen LogP contribution in [0.2, 0.25) is 0 Å². The summed E-state index contributed by atoms with van der Waals surface area (Å²) in [6.07, 6.45) is 0.571. The highest BCUT2D eigenvalue weighted by molar-refractivity contribution is 5.95. The van der Waals surface area contributed by atoms with Crippen molar-refractivity contribution in [1.29, 1.82) is 0 Å². The van der Waals surface area contributed by atoms with Crippen LogP contribution in [-0.2, 0) is 28.8 Å². The lowest BCUT2D eigenvalue weighted by molar-refractivity contribution is -0.143. The number of aliphatic hydroxyl groups excluding tert-OH is 1. The Bertz CT molecular complexity index is 972. The topological polar surface area (TPSA) is 307 Å². The number of hydrogen-bond acceptors (Lipinski definition) is 9. The number of amides is 5. The van der Waals surface area contributed by atoms with Crippen molar-refractivity contribution in [3.63, 3.8) is 0 Å². The van der Waals surface area contributed by atoms with Crippen LogP contribution in [0.15, 0.2) is 4.99 Å². The Kier molecular flexibility index (Phi) is 17.4. The summed E-state index contributed by atoms with van der Waals surface area (Å²) in [7, 11) is 0. The first-order chi connectivity index (χ1) is 19.5. The number of aliphatic hydroxyl groups is 1. The van der Waals surface area contributed by atoms with Gasteiger partial charge in [-0.05, 0) is 31.1 Å². The molecule has 14 N–H and O–H groups in total. The number of carboxylic acid groups (broad SMARTS) is 1. The number of nitrogens with two attached hydrogens (primary N) is 4. The average Bonchev–Trinajstić information content (AvgIpc) is 2.91. The zero-order chi connectivity index (χ0) is 32.6. The first kappa shape index (κ1) is 38.0. The first-order valence-electron chi connectivity index (χ1n) is 13.7. The Morgan fingerprint density at radius 3 is 1.81 bits per heavy atom. The van der Waals surface area contributed by atoms with Crippen molar-refractivity contribution >= 4 is 41.5 Å². The number of rotatable bonds is 20. The molecule has 0 radical (unpaired) electrons. The van der Waals surface area contributed by atoms with Crippen molar-refractivity contribution in [3.05, 3.63) is 0 Å². The standard InChI is InChI=1S/C25H47N9O8/c1-5-13(4)19(34-20(37)14(26)8-9-17(27)36)23(40)32-16(11-35)21(38)33-18(12(2)3)22(39)31-15(24(41)42)7-6-10-30-25(28)29/h12-16,18-19,35H,5-11,26H2,1-4H3,(H2,27,36)(H,31,39)(H,32,40)(H,33,38)(H,34,37)(H,41,42)(H4,28,29,30)/t13?,14-,15-,16-,18-,19-/m0/s1. The third-order valence-corrected chi connectivity index (χ3v) is 6.45. The van der Waals surface area contributed by atoms with Gasteiger partial charge >= 0.3 is 5.97 Å². The van der Waals surface area contributed by atoms with E-state index < -0.39 is 84.2 Å². The van der Waals surface area contributed by atoms with Crippen LogP contribution in [-0.4, -0.2) is 95.0 Å². The fourth-order valence-corrected chi connectivity index (χ4v) is 3.66. The van der Waals surface area contributed by atoms with Gasteiger partial charge in [-0.3, -0.25) is 29.0 Å². The number of primary amides is 1. The highest BCUT2D eigenvalue weighted by Gasteiger charge is 2.34. The van der Waals surface area contributed by atoms with Gasteiger partial charge in [0.1, 0.15) is 24.2 Å². The van der Waals surface area contributed by atoms with Crippen LogP contribution in [0.3, 0.4) is 0 Å². The molecule has 0 aliphatic carbocycles. The summed E-state index contributed by atoms with van der Waals surface area (Å²) in [4.78, 5) is 77.9. The van der Waals surface area contributed by atoms with Gasteiger partial charge in [-0.2, -0.15) is 0 Å². The Morgan fingerprint density at radius 1 is 0.786 bits per heavy atom. The zero-order valence-electron chi connectivity index (χ0n) is 24.6. The van der Waals surface area contributed by atoms with Gasteiger partial charge in [0.05, 0.1) is 12.6 Å². The number of nitrogens with one attached hydrogen (secondary N) is 4. The molecule has 0 aromatic rings. The number of aliphatic imine (C=N–C) groups is 1. The minimum Gasteiger partial charge on any atom is -0.480 e. The summed E-state index contributed by atoms with van der Waals surface area (Å²) < 4.78 is 0. The molecule has 0 aliphatic heterocycles. The van der Waals surface area contributed by atoms with Gasteiger partial charge in [-0.25, -0.2) is 4.79 Å². The summed E-state index contributed by atoms with van der Waals surface area (Å²) in [5.74, 6) is -6.19. The molecule has 42 heavy (non-hydrogen) atoms. The van der Waals surface area contributed by atoms with E-state index in [1.54, 1.807) is 27.7 Å². The molecule has 0 saturated heterocycles. The average molecular weight is 602 g/mol. The van der Waals surface area contributed by atoms with E-state index in [-0.39, 0.29) is 38.2 Å². The van der Waals surface area contributed by atoms with Gasteiger partial charge in [0.25, 0.3) is 0 Å². The molecule has 240 valence electrons. The first-order valence-corrected chi connectivity index (χ1v) is 13.7. The summed E-state index contributed by atoms with van der Waals surface area (Å²) in [6.45, 7) is 6.00. The maximum atomic E-state index is 13.1. The van der Waals surface area contributed by atoms with Gasteiger partial charge in [0.15, 0.2) is 5.96 Å². The molecule has 0 spiro atoms. The lowest BCUT2D eigenvalue weighted by Gasteiger charge is -2.28. The third kappa shape index (κ3) is 14.1. The van der Waals surface area contributed by atoms with Crippen molar-refractivity contribution < 1.29 is 39.0 Å². The number of carbonyl (C=O) groups is 6. The zero-order valence-corrected chi connectivity index (χ0v) is 24.6. The Balaban J connectivity index is 5.51. The van der Waals surface area contributed by atoms with Crippen molar-refractivity contribution in [1.82, 2.24) is 21.3 Å². The maximum Gasteiger partial charge on any atom is 0.326 e. The van der Waals surface area contributed by atoms with Gasteiger partial charge < -0.3 is 54.4 Å². The maximum absolute atomic E-state index is 13.1. The van der Waals surface area contributed by atoms with Crippen LogP contribution in [0.25, 0.3) is 0 Å². The fraction of sp³-hybridized carbons (Fsp3) is 0.720. The van der Waals surface area contributed by atoms with E-state index in [2.05, 4.69) is 26.3 Å². The second-order valence-electron chi connectivity index (χ2n) is 10.3. The van der Waals surface area contributed by atoms with Crippen molar-refractivity contribution in [3.8, 4) is 0 Å². The predicted octanol–water partition coefficient (Wildman–Crippen LogP) is -3.65. The molecular weight excluding hydrogens is 554 g/mol. The van der Waals surface area contributed by atoms with Crippen LogP contribution in [0.5, 0.6) is 0 Å². The molecule has 0 bridgehead atoms. The molecule has 0 fully saturated rings. The number of guanidine groups is 1. The molecule has 0 saturated carbocycles. The van der Waals surface area contributed by atoms with E-state index in [0.717, 1.165) is 0 Å². The highest BCUT2D eigenvalue weighted by atomic mass is 16.4. The van der Waals surface area contributed by atoms with Gasteiger partial charge in [0.2, 0.25) is 29.5 Å². The second-order valence-corrected chi connectivity index (χ2v) is 10.3. The molecule has 0 aliphatic rings. The largest absolute Gasteiger partial charge is 0.480 e. The highest BCUT2D eigenvalue weighted by Crippen LogP contribution is 2.10. The fourth-order valence-electron chi connectivity index (χ4n) is 3.66. The van der Waals surface area contributed by atoms with E-state index in [0.29, 0.717) is 6.42 Å². The monoisotopic (exact) mass is 601 g/mol. The number of hydrogen-bond donors (Lipinski definition) is 10. The molecule has 1 unspecified atom stereocenters. The SMILES string of the molecule is CCC(C)[C@H](NC(=O)[C@@H](N)CCC(N)=O)C(=O)N[C@@H](CO)C(=O)N[C@H](C(=O)N[C@@H](CCCN=C(N)N)C(=O)O)C(C)C. The number of carboxylic acids is 1. The third-order valence-electron chi connectivity index (χ3n) is 6.45. The van der Waals surface area contributed by atoms with Crippen LogP contribution in [0.1, 0.15) is 59.8 Å². The van der Waals surface area contributed by atoms with Crippen LogP contribution in [0.4, 0.5) is 0 Å². The molecule has 17 nitrogen and oxygen atoms in total. The minimum atomic E-state index is -1.51. The quantitative estimate of drug-likeness (QED) is 0.0368. The van der Waals surface area contributed by atoms with E-state index in [1.807, 2.05) is 0 Å². The molecule has 0 aromatic heterocycles. The van der Waals surface area contributed by atoms with Crippen LogP contribution < -0.4 is 44.2 Å². The summed E-state index contributed by atoms with van der Waals surface area (Å²) >= 11 is 0. The van der Waals surface area contributed by atoms with Crippen LogP contribution >= 0.6 is 0 Å². The lowest BCUT2D eigenvalue weighted by Crippen LogP contribution is -2.61. The van der Waals surface area contributed by atoms with E-state index in [1.165, 1.54) is 0 Å². The van der Waals surface area contributed by atoms with Crippen molar-refractivity contribution in [2.45, 2.75) is 90.0 Å². The molecule has 6 atom stereocenters. The minimum absolute atomic E-state index is 0.0147. The van der Waals surface area contributed by atoms with Gasteiger partial charge in [0, 0.05) is 13.0 Å². The number of aliphatic carboxylic acids is 1.